The number of rotatable bonds is 1. The molecule has 2 N–H and O–H groups in total. The van der Waals surface area contributed by atoms with E-state index in [-0.39, 0.29) is 21.8 Å². The highest BCUT2D eigenvalue weighted by Gasteiger charge is 2.34. The van der Waals surface area contributed by atoms with Gasteiger partial charge in [-0.3, -0.25) is 0 Å². The molecule has 0 saturated heterocycles. The molecule has 0 bridgehead atoms. The Bertz CT molecular complexity index is 558. The van der Waals surface area contributed by atoms with Crippen molar-refractivity contribution in [3.8, 4) is 11.1 Å². The molecule has 0 fully saturated rings. The molecule has 0 aromatic heterocycles. The van der Waals surface area contributed by atoms with Crippen LogP contribution in [0.3, 0.4) is 0 Å². The Morgan fingerprint density at radius 3 is 2.22 bits per heavy atom. The maximum atomic E-state index is 12.9. The minimum absolute atomic E-state index is 0.00639. The number of halogens is 4. The largest absolute Gasteiger partial charge is 0.417 e. The summed E-state index contributed by atoms with van der Waals surface area (Å²) in [6.45, 7) is 0. The zero-order chi connectivity index (χ0) is 13.3. The van der Waals surface area contributed by atoms with Crippen LogP contribution in [-0.4, -0.2) is 0 Å². The first-order valence-corrected chi connectivity index (χ1v) is 5.49. The first-order chi connectivity index (χ1) is 8.41. The van der Waals surface area contributed by atoms with E-state index in [2.05, 4.69) is 0 Å². The predicted octanol–water partition coefficient (Wildman–Crippen LogP) is 4.61. The van der Waals surface area contributed by atoms with E-state index >= 15 is 0 Å². The van der Waals surface area contributed by atoms with Gasteiger partial charge in [-0.25, -0.2) is 0 Å². The molecule has 0 aliphatic carbocycles. The second-order valence-corrected chi connectivity index (χ2v) is 4.15. The zero-order valence-electron chi connectivity index (χ0n) is 9.13. The van der Waals surface area contributed by atoms with Crippen LogP contribution in [0.15, 0.2) is 42.5 Å². The van der Waals surface area contributed by atoms with Crippen molar-refractivity contribution in [2.45, 2.75) is 6.18 Å². The van der Waals surface area contributed by atoms with Crippen LogP contribution in [0.1, 0.15) is 5.56 Å². The summed E-state index contributed by atoms with van der Waals surface area (Å²) in [5.74, 6) is 0. The Morgan fingerprint density at radius 1 is 0.944 bits per heavy atom. The fraction of sp³-hybridized carbons (Fsp3) is 0.0769. The van der Waals surface area contributed by atoms with Crippen LogP contribution >= 0.6 is 11.6 Å². The lowest BCUT2D eigenvalue weighted by molar-refractivity contribution is -0.137. The Balaban J connectivity index is 2.73. The van der Waals surface area contributed by atoms with E-state index in [9.17, 15) is 13.2 Å². The van der Waals surface area contributed by atoms with Crippen molar-refractivity contribution in [2.75, 3.05) is 5.73 Å². The number of anilines is 1. The van der Waals surface area contributed by atoms with Crippen molar-refractivity contribution in [3.63, 3.8) is 0 Å². The van der Waals surface area contributed by atoms with E-state index in [0.29, 0.717) is 0 Å². The van der Waals surface area contributed by atoms with Gasteiger partial charge < -0.3 is 5.73 Å². The van der Waals surface area contributed by atoms with E-state index in [1.807, 2.05) is 0 Å². The monoisotopic (exact) mass is 271 g/mol. The summed E-state index contributed by atoms with van der Waals surface area (Å²) in [6, 6.07) is 9.86. The number of nitrogen functional groups attached to an aromatic ring is 1. The molecule has 18 heavy (non-hydrogen) atoms. The van der Waals surface area contributed by atoms with Crippen molar-refractivity contribution in [2.24, 2.45) is 0 Å². The van der Waals surface area contributed by atoms with Crippen LogP contribution in [-0.2, 0) is 6.18 Å². The number of alkyl halides is 3. The molecule has 0 amide bonds. The Morgan fingerprint density at radius 2 is 1.61 bits per heavy atom. The van der Waals surface area contributed by atoms with Gasteiger partial charge in [-0.2, -0.15) is 13.2 Å². The topological polar surface area (TPSA) is 26.0 Å². The van der Waals surface area contributed by atoms with Crippen LogP contribution in [0, 0.1) is 0 Å². The van der Waals surface area contributed by atoms with Gasteiger partial charge >= 0.3 is 6.18 Å². The molecule has 0 heterocycles. The van der Waals surface area contributed by atoms with Crippen LogP contribution in [0.2, 0.25) is 5.02 Å². The quantitative estimate of drug-likeness (QED) is 0.753. The maximum Gasteiger partial charge on any atom is 0.417 e. The van der Waals surface area contributed by atoms with Gasteiger partial charge in [0.05, 0.1) is 10.6 Å². The number of benzene rings is 2. The number of nitrogens with two attached hydrogens (primary N) is 1. The van der Waals surface area contributed by atoms with Gasteiger partial charge in [0.1, 0.15) is 0 Å². The van der Waals surface area contributed by atoms with E-state index in [0.717, 1.165) is 6.07 Å². The van der Waals surface area contributed by atoms with E-state index < -0.39 is 11.7 Å². The molecule has 2 aromatic rings. The van der Waals surface area contributed by atoms with E-state index in [4.69, 9.17) is 17.3 Å². The molecule has 2 rings (SSSR count). The highest BCUT2D eigenvalue weighted by atomic mass is 35.5. The second-order valence-electron chi connectivity index (χ2n) is 3.75. The molecule has 0 aliphatic heterocycles. The third kappa shape index (κ3) is 2.29. The normalized spacial score (nSPS) is 11.6. The highest BCUT2D eigenvalue weighted by molar-refractivity contribution is 6.34. The van der Waals surface area contributed by atoms with Crippen molar-refractivity contribution >= 4 is 17.3 Å². The lowest BCUT2D eigenvalue weighted by Gasteiger charge is -2.15. The molecule has 2 aromatic carbocycles. The number of hydrogen-bond acceptors (Lipinski definition) is 1. The minimum Gasteiger partial charge on any atom is -0.398 e. The first kappa shape index (κ1) is 12.8. The van der Waals surface area contributed by atoms with Crippen LogP contribution in [0.5, 0.6) is 0 Å². The molecule has 0 aliphatic rings. The molecular weight excluding hydrogens is 263 g/mol. The smallest absolute Gasteiger partial charge is 0.398 e. The summed E-state index contributed by atoms with van der Waals surface area (Å²) in [4.78, 5) is 0. The summed E-state index contributed by atoms with van der Waals surface area (Å²) < 4.78 is 38.7. The highest BCUT2D eigenvalue weighted by Crippen LogP contribution is 2.41. The SMILES string of the molecule is Nc1cccc(Cl)c1-c1ccccc1C(F)(F)F. The van der Waals surface area contributed by atoms with E-state index in [1.54, 1.807) is 6.07 Å². The Kier molecular flexibility index (Phi) is 3.22. The lowest BCUT2D eigenvalue weighted by Crippen LogP contribution is -2.07. The lowest BCUT2D eigenvalue weighted by atomic mass is 9.98. The van der Waals surface area contributed by atoms with Gasteiger partial charge in [-0.1, -0.05) is 35.9 Å². The molecule has 0 atom stereocenters. The third-order valence-electron chi connectivity index (χ3n) is 2.55. The first-order valence-electron chi connectivity index (χ1n) is 5.12. The van der Waals surface area contributed by atoms with Crippen LogP contribution < -0.4 is 5.73 Å². The van der Waals surface area contributed by atoms with E-state index in [1.165, 1.54) is 30.3 Å². The fourth-order valence-corrected chi connectivity index (χ4v) is 2.06. The van der Waals surface area contributed by atoms with Crippen LogP contribution in [0.25, 0.3) is 11.1 Å². The predicted molar refractivity (Wildman–Crippen MR) is 66.3 cm³/mol. The molecule has 0 saturated carbocycles. The average Bonchev–Trinajstić information content (AvgIpc) is 2.28. The van der Waals surface area contributed by atoms with Crippen molar-refractivity contribution < 1.29 is 13.2 Å². The Hall–Kier alpha value is -1.68. The Labute approximate surface area is 107 Å². The molecule has 0 unspecified atom stereocenters. The van der Waals surface area contributed by atoms with Crippen molar-refractivity contribution in [1.82, 2.24) is 0 Å². The zero-order valence-corrected chi connectivity index (χ0v) is 9.89. The standard InChI is InChI=1S/C13H9ClF3N/c14-10-6-3-7-11(18)12(10)8-4-1-2-5-9(8)13(15,16)17/h1-7H,18H2. The van der Waals surface area contributed by atoms with Crippen LogP contribution in [0.4, 0.5) is 18.9 Å². The summed E-state index contributed by atoms with van der Waals surface area (Å²) in [6.07, 6.45) is -4.44. The minimum atomic E-state index is -4.44. The summed E-state index contributed by atoms with van der Waals surface area (Å²) >= 11 is 5.94. The summed E-state index contributed by atoms with van der Waals surface area (Å²) in [7, 11) is 0. The summed E-state index contributed by atoms with van der Waals surface area (Å²) in [5.41, 5.74) is 5.40. The fourth-order valence-electron chi connectivity index (χ4n) is 1.77. The van der Waals surface area contributed by atoms with Gasteiger partial charge in [0.15, 0.2) is 0 Å². The molecule has 94 valence electrons. The van der Waals surface area contributed by atoms with Gasteiger partial charge in [-0.15, -0.1) is 0 Å². The van der Waals surface area contributed by atoms with Crippen molar-refractivity contribution in [3.05, 3.63) is 53.1 Å². The molecule has 0 spiro atoms. The second kappa shape index (κ2) is 4.53. The summed E-state index contributed by atoms with van der Waals surface area (Å²) in [5, 5.41) is 0.201. The number of hydrogen-bond donors (Lipinski definition) is 1. The van der Waals surface area contributed by atoms with Gasteiger partial charge in [0.2, 0.25) is 0 Å². The van der Waals surface area contributed by atoms with Gasteiger partial charge in [0.25, 0.3) is 0 Å². The van der Waals surface area contributed by atoms with Gasteiger partial charge in [0, 0.05) is 11.3 Å². The molecular formula is C13H9ClF3N. The molecule has 5 heteroatoms. The third-order valence-corrected chi connectivity index (χ3v) is 2.86. The average molecular weight is 272 g/mol. The van der Waals surface area contributed by atoms with Gasteiger partial charge in [-0.05, 0) is 23.8 Å². The maximum absolute atomic E-state index is 12.9. The van der Waals surface area contributed by atoms with Crippen molar-refractivity contribution in [1.29, 1.82) is 0 Å². The molecule has 0 radical (unpaired) electrons. The molecule has 1 nitrogen and oxygen atoms in total.